The van der Waals surface area contributed by atoms with Gasteiger partial charge < -0.3 is 10.5 Å². The van der Waals surface area contributed by atoms with E-state index in [9.17, 15) is 0 Å². The third kappa shape index (κ3) is 1.94. The van der Waals surface area contributed by atoms with Crippen molar-refractivity contribution in [2.24, 2.45) is 5.73 Å². The normalized spacial score (nSPS) is 28.8. The summed E-state index contributed by atoms with van der Waals surface area (Å²) in [7, 11) is 0. The molecule has 3 heteroatoms. The van der Waals surface area contributed by atoms with Gasteiger partial charge >= 0.3 is 0 Å². The zero-order valence-electron chi connectivity index (χ0n) is 6.55. The predicted molar refractivity (Wildman–Crippen MR) is 40.9 cm³/mol. The van der Waals surface area contributed by atoms with E-state index in [0.717, 1.165) is 26.2 Å². The van der Waals surface area contributed by atoms with E-state index in [2.05, 4.69) is 11.8 Å². The molecule has 1 aliphatic rings. The highest BCUT2D eigenvalue weighted by atomic mass is 16.5. The Bertz CT molecular complexity index is 87.6. The molecule has 0 aromatic carbocycles. The zero-order chi connectivity index (χ0) is 7.40. The molecule has 0 bridgehead atoms. The number of likely N-dealkylation sites (N-methyl/N-ethyl adjacent to an activating group) is 1. The van der Waals surface area contributed by atoms with Gasteiger partial charge in [-0.25, -0.2) is 0 Å². The molecule has 0 radical (unpaired) electrons. The summed E-state index contributed by atoms with van der Waals surface area (Å²) in [5.74, 6) is 0. The summed E-state index contributed by atoms with van der Waals surface area (Å²) in [6, 6.07) is 0. The van der Waals surface area contributed by atoms with Crippen LogP contribution in [0.2, 0.25) is 0 Å². The third-order valence-electron chi connectivity index (χ3n) is 1.93. The average Bonchev–Trinajstić information content (AvgIpc) is 2.05. The van der Waals surface area contributed by atoms with Crippen LogP contribution in [0.4, 0.5) is 0 Å². The van der Waals surface area contributed by atoms with Gasteiger partial charge in [0.1, 0.15) is 0 Å². The van der Waals surface area contributed by atoms with Crippen LogP contribution in [0.15, 0.2) is 0 Å². The van der Waals surface area contributed by atoms with Gasteiger partial charge in [0.05, 0.1) is 12.7 Å². The number of rotatable bonds is 2. The van der Waals surface area contributed by atoms with E-state index in [1.165, 1.54) is 0 Å². The van der Waals surface area contributed by atoms with Gasteiger partial charge in [-0.15, -0.1) is 0 Å². The van der Waals surface area contributed by atoms with Crippen LogP contribution in [0, 0.1) is 0 Å². The number of nitrogens with two attached hydrogens (primary N) is 1. The average molecular weight is 144 g/mol. The molecular weight excluding hydrogens is 128 g/mol. The number of hydrogen-bond acceptors (Lipinski definition) is 3. The fraction of sp³-hybridized carbons (Fsp3) is 1.00. The van der Waals surface area contributed by atoms with Crippen LogP contribution in [0.3, 0.4) is 0 Å². The highest BCUT2D eigenvalue weighted by Crippen LogP contribution is 2.02. The van der Waals surface area contributed by atoms with Crippen LogP contribution in [0.25, 0.3) is 0 Å². The number of morpholine rings is 1. The Morgan fingerprint density at radius 2 is 2.50 bits per heavy atom. The quantitative estimate of drug-likeness (QED) is 0.576. The molecule has 1 saturated heterocycles. The molecule has 1 atom stereocenters. The predicted octanol–water partition coefficient (Wildman–Crippen LogP) is -0.334. The molecule has 0 spiro atoms. The molecule has 1 aliphatic heterocycles. The molecule has 0 aliphatic carbocycles. The minimum atomic E-state index is 0.272. The summed E-state index contributed by atoms with van der Waals surface area (Å²) in [6.45, 7) is 6.84. The molecule has 0 amide bonds. The molecule has 60 valence electrons. The smallest absolute Gasteiger partial charge is 0.0824 e. The van der Waals surface area contributed by atoms with E-state index >= 15 is 0 Å². The molecule has 1 rings (SSSR count). The minimum absolute atomic E-state index is 0.272. The zero-order valence-corrected chi connectivity index (χ0v) is 6.55. The standard InChI is InChI=1S/C7H16N2O/c1-2-9-3-4-10-7(5-8)6-9/h7H,2-6,8H2,1H3. The second-order valence-electron chi connectivity index (χ2n) is 2.62. The molecule has 3 nitrogen and oxygen atoms in total. The summed E-state index contributed by atoms with van der Waals surface area (Å²) in [5.41, 5.74) is 5.47. The Balaban J connectivity index is 2.25. The molecule has 0 saturated carbocycles. The largest absolute Gasteiger partial charge is 0.374 e. The molecule has 0 aromatic heterocycles. The summed E-state index contributed by atoms with van der Waals surface area (Å²) in [5, 5.41) is 0. The van der Waals surface area contributed by atoms with E-state index < -0.39 is 0 Å². The van der Waals surface area contributed by atoms with Gasteiger partial charge in [0, 0.05) is 19.6 Å². The van der Waals surface area contributed by atoms with Gasteiger partial charge in [-0.3, -0.25) is 4.90 Å². The minimum Gasteiger partial charge on any atom is -0.374 e. The lowest BCUT2D eigenvalue weighted by atomic mass is 10.3. The van der Waals surface area contributed by atoms with E-state index in [1.54, 1.807) is 0 Å². The van der Waals surface area contributed by atoms with Crippen molar-refractivity contribution in [2.75, 3.05) is 32.8 Å². The number of hydrogen-bond donors (Lipinski definition) is 1. The first-order chi connectivity index (χ1) is 4.86. The second kappa shape index (κ2) is 3.91. The van der Waals surface area contributed by atoms with E-state index in [-0.39, 0.29) is 6.10 Å². The molecule has 2 N–H and O–H groups in total. The maximum absolute atomic E-state index is 5.47. The third-order valence-corrected chi connectivity index (χ3v) is 1.93. The van der Waals surface area contributed by atoms with Crippen LogP contribution < -0.4 is 5.73 Å². The van der Waals surface area contributed by atoms with Crippen LogP contribution in [-0.2, 0) is 4.74 Å². The van der Waals surface area contributed by atoms with E-state index in [0.29, 0.717) is 6.54 Å². The number of nitrogens with zero attached hydrogens (tertiary/aromatic N) is 1. The van der Waals surface area contributed by atoms with E-state index in [1.807, 2.05) is 0 Å². The lowest BCUT2D eigenvalue weighted by Gasteiger charge is -2.31. The molecular formula is C7H16N2O. The van der Waals surface area contributed by atoms with Crippen LogP contribution in [-0.4, -0.2) is 43.8 Å². The van der Waals surface area contributed by atoms with Crippen LogP contribution in [0.5, 0.6) is 0 Å². The van der Waals surface area contributed by atoms with Crippen molar-refractivity contribution < 1.29 is 4.74 Å². The first-order valence-electron chi connectivity index (χ1n) is 3.90. The summed E-state index contributed by atoms with van der Waals surface area (Å²) in [4.78, 5) is 2.36. The van der Waals surface area contributed by atoms with Crippen molar-refractivity contribution in [2.45, 2.75) is 13.0 Å². The van der Waals surface area contributed by atoms with Gasteiger partial charge in [0.2, 0.25) is 0 Å². The van der Waals surface area contributed by atoms with Crippen molar-refractivity contribution in [1.29, 1.82) is 0 Å². The highest BCUT2D eigenvalue weighted by molar-refractivity contribution is 4.70. The van der Waals surface area contributed by atoms with Gasteiger partial charge in [-0.05, 0) is 6.54 Å². The van der Waals surface area contributed by atoms with Crippen molar-refractivity contribution in [1.82, 2.24) is 4.90 Å². The SMILES string of the molecule is CCN1CCOC(CN)C1. The molecule has 1 unspecified atom stereocenters. The Labute approximate surface area is 62.1 Å². The Kier molecular flexibility index (Phi) is 3.12. The second-order valence-corrected chi connectivity index (χ2v) is 2.62. The molecule has 1 heterocycles. The summed E-state index contributed by atoms with van der Waals surface area (Å²) < 4.78 is 5.39. The fourth-order valence-corrected chi connectivity index (χ4v) is 1.21. The van der Waals surface area contributed by atoms with Crippen LogP contribution >= 0.6 is 0 Å². The monoisotopic (exact) mass is 144 g/mol. The maximum atomic E-state index is 5.47. The Morgan fingerprint density at radius 1 is 1.70 bits per heavy atom. The highest BCUT2D eigenvalue weighted by Gasteiger charge is 2.16. The first kappa shape index (κ1) is 7.98. The van der Waals surface area contributed by atoms with Gasteiger partial charge in [0.15, 0.2) is 0 Å². The van der Waals surface area contributed by atoms with Gasteiger partial charge in [0.25, 0.3) is 0 Å². The number of ether oxygens (including phenoxy) is 1. The van der Waals surface area contributed by atoms with Crippen molar-refractivity contribution in [3.63, 3.8) is 0 Å². The molecule has 10 heavy (non-hydrogen) atoms. The van der Waals surface area contributed by atoms with E-state index in [4.69, 9.17) is 10.5 Å². The fourth-order valence-electron chi connectivity index (χ4n) is 1.21. The lowest BCUT2D eigenvalue weighted by Crippen LogP contribution is -2.45. The topological polar surface area (TPSA) is 38.5 Å². The molecule has 1 fully saturated rings. The summed E-state index contributed by atoms with van der Waals surface area (Å²) >= 11 is 0. The van der Waals surface area contributed by atoms with Crippen molar-refractivity contribution in [3.05, 3.63) is 0 Å². The Hall–Kier alpha value is -0.120. The Morgan fingerprint density at radius 3 is 3.10 bits per heavy atom. The van der Waals surface area contributed by atoms with Crippen molar-refractivity contribution in [3.8, 4) is 0 Å². The van der Waals surface area contributed by atoms with Crippen LogP contribution in [0.1, 0.15) is 6.92 Å². The first-order valence-corrected chi connectivity index (χ1v) is 3.90. The lowest BCUT2D eigenvalue weighted by molar-refractivity contribution is -0.0212. The molecule has 0 aromatic rings. The summed E-state index contributed by atoms with van der Waals surface area (Å²) in [6.07, 6.45) is 0.272. The maximum Gasteiger partial charge on any atom is 0.0824 e. The van der Waals surface area contributed by atoms with Gasteiger partial charge in [-0.2, -0.15) is 0 Å². The van der Waals surface area contributed by atoms with Gasteiger partial charge in [-0.1, -0.05) is 6.92 Å². The van der Waals surface area contributed by atoms with Crippen molar-refractivity contribution >= 4 is 0 Å².